The molecule has 0 radical (unpaired) electrons. The van der Waals surface area contributed by atoms with E-state index in [4.69, 9.17) is 4.74 Å². The standard InChI is InChI=1S/C14H10BrF3O2/c1-20-7-2-3-8(11(17)6-7)14(19)12-10(16)5-4-9(15)13(12)18/h2-6,14,19H,1H3. The van der Waals surface area contributed by atoms with Crippen LogP contribution in [0.4, 0.5) is 13.2 Å². The fourth-order valence-corrected chi connectivity index (χ4v) is 2.15. The Hall–Kier alpha value is -1.53. The van der Waals surface area contributed by atoms with Crippen LogP contribution in [-0.2, 0) is 0 Å². The lowest BCUT2D eigenvalue weighted by Gasteiger charge is -2.15. The number of hydrogen-bond donors (Lipinski definition) is 1. The van der Waals surface area contributed by atoms with Gasteiger partial charge in [-0.05, 0) is 40.2 Å². The van der Waals surface area contributed by atoms with Gasteiger partial charge in [0, 0.05) is 11.6 Å². The Balaban J connectivity index is 2.52. The Bertz CT molecular complexity index is 647. The fraction of sp³-hybridized carbons (Fsp3) is 0.143. The molecule has 0 aliphatic heterocycles. The van der Waals surface area contributed by atoms with Crippen molar-refractivity contribution in [1.82, 2.24) is 0 Å². The molecule has 0 saturated carbocycles. The maximum absolute atomic E-state index is 13.9. The highest BCUT2D eigenvalue weighted by Gasteiger charge is 2.24. The number of ether oxygens (including phenoxy) is 1. The number of aliphatic hydroxyl groups excluding tert-OH is 1. The van der Waals surface area contributed by atoms with Crippen molar-refractivity contribution in [3.8, 4) is 5.75 Å². The highest BCUT2D eigenvalue weighted by molar-refractivity contribution is 9.10. The molecule has 106 valence electrons. The Morgan fingerprint density at radius 2 is 1.80 bits per heavy atom. The first-order valence-corrected chi connectivity index (χ1v) is 6.40. The third kappa shape index (κ3) is 2.66. The van der Waals surface area contributed by atoms with Crippen LogP contribution in [-0.4, -0.2) is 12.2 Å². The molecule has 2 aromatic carbocycles. The van der Waals surface area contributed by atoms with Gasteiger partial charge in [-0.25, -0.2) is 13.2 Å². The molecule has 2 nitrogen and oxygen atoms in total. The summed E-state index contributed by atoms with van der Waals surface area (Å²) < 4.78 is 46.2. The Morgan fingerprint density at radius 3 is 2.40 bits per heavy atom. The molecular weight excluding hydrogens is 337 g/mol. The minimum atomic E-state index is -1.75. The third-order valence-corrected chi connectivity index (χ3v) is 3.47. The van der Waals surface area contributed by atoms with Gasteiger partial charge >= 0.3 is 0 Å². The molecule has 1 atom stereocenters. The number of aliphatic hydroxyl groups is 1. The highest BCUT2D eigenvalue weighted by atomic mass is 79.9. The SMILES string of the molecule is COc1ccc(C(O)c2c(F)ccc(Br)c2F)c(F)c1. The Labute approximate surface area is 121 Å². The molecule has 2 rings (SSSR count). The van der Waals surface area contributed by atoms with E-state index in [-0.39, 0.29) is 15.8 Å². The first-order chi connectivity index (χ1) is 9.45. The molecule has 1 unspecified atom stereocenters. The van der Waals surface area contributed by atoms with Crippen molar-refractivity contribution in [2.24, 2.45) is 0 Å². The summed E-state index contributed by atoms with van der Waals surface area (Å²) >= 11 is 2.90. The van der Waals surface area contributed by atoms with Gasteiger partial charge in [0.15, 0.2) is 0 Å². The Morgan fingerprint density at radius 1 is 1.10 bits per heavy atom. The summed E-state index contributed by atoms with van der Waals surface area (Å²) in [7, 11) is 1.36. The maximum Gasteiger partial charge on any atom is 0.146 e. The second-order valence-corrected chi connectivity index (χ2v) is 4.90. The molecule has 0 heterocycles. The summed E-state index contributed by atoms with van der Waals surface area (Å²) in [6, 6.07) is 5.82. The van der Waals surface area contributed by atoms with E-state index in [1.807, 2.05) is 0 Å². The summed E-state index contributed by atoms with van der Waals surface area (Å²) in [5.41, 5.74) is -0.842. The van der Waals surface area contributed by atoms with E-state index >= 15 is 0 Å². The molecule has 0 aliphatic rings. The molecule has 0 fully saturated rings. The Kier molecular flexibility index (Phi) is 4.35. The number of halogens is 4. The first-order valence-electron chi connectivity index (χ1n) is 5.60. The second kappa shape index (κ2) is 5.85. The molecule has 0 bridgehead atoms. The third-order valence-electron chi connectivity index (χ3n) is 2.86. The molecule has 0 amide bonds. The molecule has 1 N–H and O–H groups in total. The summed E-state index contributed by atoms with van der Waals surface area (Å²) in [6.07, 6.45) is -1.75. The van der Waals surface area contributed by atoms with Crippen molar-refractivity contribution in [2.75, 3.05) is 7.11 Å². The zero-order valence-corrected chi connectivity index (χ0v) is 11.9. The zero-order chi connectivity index (χ0) is 14.9. The van der Waals surface area contributed by atoms with Crippen molar-refractivity contribution in [1.29, 1.82) is 0 Å². The summed E-state index contributed by atoms with van der Waals surface area (Å²) in [5, 5.41) is 10.0. The van der Waals surface area contributed by atoms with E-state index in [0.717, 1.165) is 12.1 Å². The molecule has 20 heavy (non-hydrogen) atoms. The fourth-order valence-electron chi connectivity index (χ4n) is 1.81. The van der Waals surface area contributed by atoms with Crippen LogP contribution in [0.5, 0.6) is 5.75 Å². The molecular formula is C14H10BrF3O2. The lowest BCUT2D eigenvalue weighted by atomic mass is 10.00. The van der Waals surface area contributed by atoms with Gasteiger partial charge in [-0.1, -0.05) is 0 Å². The highest BCUT2D eigenvalue weighted by Crippen LogP contribution is 2.32. The van der Waals surface area contributed by atoms with Crippen LogP contribution in [0.2, 0.25) is 0 Å². The number of hydrogen-bond acceptors (Lipinski definition) is 2. The molecule has 0 spiro atoms. The number of benzene rings is 2. The van der Waals surface area contributed by atoms with Crippen LogP contribution in [0.15, 0.2) is 34.8 Å². The van der Waals surface area contributed by atoms with Crippen LogP contribution in [0, 0.1) is 17.5 Å². The van der Waals surface area contributed by atoms with Crippen LogP contribution in [0.25, 0.3) is 0 Å². The molecule has 0 aliphatic carbocycles. The lowest BCUT2D eigenvalue weighted by Crippen LogP contribution is -2.08. The van der Waals surface area contributed by atoms with Crippen molar-refractivity contribution < 1.29 is 23.0 Å². The van der Waals surface area contributed by atoms with E-state index in [1.54, 1.807) is 0 Å². The largest absolute Gasteiger partial charge is 0.497 e. The van der Waals surface area contributed by atoms with Crippen LogP contribution >= 0.6 is 15.9 Å². The smallest absolute Gasteiger partial charge is 0.146 e. The molecule has 2 aromatic rings. The van der Waals surface area contributed by atoms with Crippen LogP contribution < -0.4 is 4.74 Å². The monoisotopic (exact) mass is 346 g/mol. The minimum Gasteiger partial charge on any atom is -0.497 e. The molecule has 0 aromatic heterocycles. The average molecular weight is 347 g/mol. The average Bonchev–Trinajstić information content (AvgIpc) is 2.43. The van der Waals surface area contributed by atoms with E-state index in [9.17, 15) is 18.3 Å². The van der Waals surface area contributed by atoms with E-state index in [2.05, 4.69) is 15.9 Å². The van der Waals surface area contributed by atoms with Crippen LogP contribution in [0.1, 0.15) is 17.2 Å². The van der Waals surface area contributed by atoms with Crippen LogP contribution in [0.3, 0.4) is 0 Å². The van der Waals surface area contributed by atoms with Crippen molar-refractivity contribution >= 4 is 15.9 Å². The van der Waals surface area contributed by atoms with Gasteiger partial charge in [0.25, 0.3) is 0 Å². The van der Waals surface area contributed by atoms with Gasteiger partial charge in [0.2, 0.25) is 0 Å². The van der Waals surface area contributed by atoms with Crippen molar-refractivity contribution in [3.05, 3.63) is 63.4 Å². The maximum atomic E-state index is 13.9. The predicted octanol–water partition coefficient (Wildman–Crippen LogP) is 3.96. The summed E-state index contributed by atoms with van der Waals surface area (Å²) in [4.78, 5) is 0. The van der Waals surface area contributed by atoms with Gasteiger partial charge in [0.1, 0.15) is 29.3 Å². The van der Waals surface area contributed by atoms with Gasteiger partial charge in [0.05, 0.1) is 17.1 Å². The van der Waals surface area contributed by atoms with Gasteiger partial charge < -0.3 is 9.84 Å². The summed E-state index contributed by atoms with van der Waals surface area (Å²) in [5.74, 6) is -2.48. The predicted molar refractivity (Wildman–Crippen MR) is 71.1 cm³/mol. The van der Waals surface area contributed by atoms with Crippen molar-refractivity contribution in [2.45, 2.75) is 6.10 Å². The second-order valence-electron chi connectivity index (χ2n) is 4.05. The quantitative estimate of drug-likeness (QED) is 0.852. The van der Waals surface area contributed by atoms with Crippen molar-refractivity contribution in [3.63, 3.8) is 0 Å². The zero-order valence-electron chi connectivity index (χ0n) is 10.3. The van der Waals surface area contributed by atoms with E-state index < -0.39 is 29.1 Å². The summed E-state index contributed by atoms with van der Waals surface area (Å²) in [6.45, 7) is 0. The topological polar surface area (TPSA) is 29.5 Å². The molecule has 6 heteroatoms. The number of rotatable bonds is 3. The number of methoxy groups -OCH3 is 1. The van der Waals surface area contributed by atoms with Gasteiger partial charge in [-0.2, -0.15) is 0 Å². The van der Waals surface area contributed by atoms with E-state index in [1.165, 1.54) is 25.3 Å². The van der Waals surface area contributed by atoms with Gasteiger partial charge in [-0.15, -0.1) is 0 Å². The first kappa shape index (κ1) is 14.9. The lowest BCUT2D eigenvalue weighted by molar-refractivity contribution is 0.203. The van der Waals surface area contributed by atoms with Gasteiger partial charge in [-0.3, -0.25) is 0 Å². The molecule has 0 saturated heterocycles. The van der Waals surface area contributed by atoms with E-state index in [0.29, 0.717) is 0 Å². The minimum absolute atomic E-state index is 0.0122. The normalized spacial score (nSPS) is 12.3.